The number of carbonyl (C=O) groups excluding carboxylic acids is 2. The molecule has 2 aliphatic rings. The highest BCUT2D eigenvalue weighted by molar-refractivity contribution is 7.91. The number of fused-ring (bicyclic) bond motifs is 1. The molecule has 2 heterocycles. The van der Waals surface area contributed by atoms with Crippen LogP contribution in [0.4, 0.5) is 11.4 Å². The molecular formula is C26H32ClN3O4S. The molecule has 0 aromatic heterocycles. The summed E-state index contributed by atoms with van der Waals surface area (Å²) >= 11 is 6.15. The monoisotopic (exact) mass is 517 g/mol. The summed E-state index contributed by atoms with van der Waals surface area (Å²) in [6, 6.07) is 10.7. The molecule has 188 valence electrons. The van der Waals surface area contributed by atoms with Crippen molar-refractivity contribution in [3.05, 3.63) is 52.5 Å². The summed E-state index contributed by atoms with van der Waals surface area (Å²) in [7, 11) is -3.62. The highest BCUT2D eigenvalue weighted by atomic mass is 35.5. The van der Waals surface area contributed by atoms with Gasteiger partial charge in [-0.15, -0.1) is 0 Å². The molecule has 0 radical (unpaired) electrons. The Labute approximate surface area is 212 Å². The van der Waals surface area contributed by atoms with Crippen LogP contribution in [-0.4, -0.2) is 63.1 Å². The molecule has 0 saturated carbocycles. The average molecular weight is 518 g/mol. The van der Waals surface area contributed by atoms with Crippen LogP contribution < -0.4 is 9.80 Å². The predicted molar refractivity (Wildman–Crippen MR) is 139 cm³/mol. The molecule has 1 fully saturated rings. The van der Waals surface area contributed by atoms with Crippen molar-refractivity contribution in [1.82, 2.24) is 4.90 Å². The Hall–Kier alpha value is -2.58. The molecule has 0 aliphatic carbocycles. The molecular weight excluding hydrogens is 486 g/mol. The Morgan fingerprint density at radius 3 is 2.40 bits per heavy atom. The van der Waals surface area contributed by atoms with Crippen LogP contribution in [0.2, 0.25) is 5.02 Å². The summed E-state index contributed by atoms with van der Waals surface area (Å²) < 4.78 is 26.0. The molecule has 2 aliphatic heterocycles. The van der Waals surface area contributed by atoms with Crippen LogP contribution in [0.5, 0.6) is 0 Å². The van der Waals surface area contributed by atoms with E-state index >= 15 is 0 Å². The van der Waals surface area contributed by atoms with Gasteiger partial charge in [-0.1, -0.05) is 24.6 Å². The summed E-state index contributed by atoms with van der Waals surface area (Å²) in [4.78, 5) is 31.0. The van der Waals surface area contributed by atoms with Gasteiger partial charge in [-0.05, 0) is 61.7 Å². The van der Waals surface area contributed by atoms with E-state index in [9.17, 15) is 18.0 Å². The summed E-state index contributed by atoms with van der Waals surface area (Å²) in [5.41, 5.74) is 3.84. The van der Waals surface area contributed by atoms with Gasteiger partial charge < -0.3 is 14.7 Å². The number of halogens is 1. The van der Waals surface area contributed by atoms with Gasteiger partial charge in [0.25, 0.3) is 0 Å². The Morgan fingerprint density at radius 1 is 1.00 bits per heavy atom. The summed E-state index contributed by atoms with van der Waals surface area (Å²) in [5, 5.41) is 0.681. The van der Waals surface area contributed by atoms with Crippen molar-refractivity contribution in [3.63, 3.8) is 0 Å². The van der Waals surface area contributed by atoms with Crippen LogP contribution in [0, 0.1) is 6.92 Å². The molecule has 9 heteroatoms. The molecule has 0 bridgehead atoms. The van der Waals surface area contributed by atoms with Crippen molar-refractivity contribution in [1.29, 1.82) is 0 Å². The first-order chi connectivity index (χ1) is 16.6. The minimum Gasteiger partial charge on any atom is -0.368 e. The maximum Gasteiger partial charge on any atom is 0.226 e. The normalized spacial score (nSPS) is 18.1. The van der Waals surface area contributed by atoms with Gasteiger partial charge in [0.15, 0.2) is 9.84 Å². The van der Waals surface area contributed by atoms with E-state index in [-0.39, 0.29) is 34.9 Å². The van der Waals surface area contributed by atoms with Crippen LogP contribution in [0.1, 0.15) is 37.8 Å². The lowest BCUT2D eigenvalue weighted by molar-refractivity contribution is -0.131. The van der Waals surface area contributed by atoms with Gasteiger partial charge in [-0.25, -0.2) is 8.42 Å². The smallest absolute Gasteiger partial charge is 0.226 e. The molecule has 1 saturated heterocycles. The van der Waals surface area contributed by atoms with Gasteiger partial charge in [0.05, 0.1) is 10.6 Å². The number of nitrogens with zero attached hydrogens (tertiary/aromatic N) is 3. The highest BCUT2D eigenvalue weighted by Crippen LogP contribution is 2.34. The van der Waals surface area contributed by atoms with Crippen LogP contribution >= 0.6 is 11.6 Å². The van der Waals surface area contributed by atoms with E-state index in [2.05, 4.69) is 4.90 Å². The Bertz CT molecular complexity index is 1240. The number of rotatable bonds is 6. The predicted octanol–water partition coefficient (Wildman–Crippen LogP) is 3.85. The molecule has 2 aromatic rings. The third-order valence-corrected chi connectivity index (χ3v) is 8.87. The first-order valence-electron chi connectivity index (χ1n) is 12.1. The largest absolute Gasteiger partial charge is 0.368 e. The lowest BCUT2D eigenvalue weighted by Crippen LogP contribution is -2.49. The quantitative estimate of drug-likeness (QED) is 0.581. The SMILES string of the molecule is CCC(=O)N1c2ccc(S(=O)(=O)CCC(=O)N3CCN(c4cc(Cl)ccc4C)CC3)cc2C[C@@H]1C. The molecule has 4 rings (SSSR count). The molecule has 2 amide bonds. The fourth-order valence-electron chi connectivity index (χ4n) is 4.97. The minimum absolute atomic E-state index is 0.00588. The van der Waals surface area contributed by atoms with E-state index in [1.165, 1.54) is 0 Å². The Balaban J connectivity index is 1.36. The zero-order chi connectivity index (χ0) is 25.3. The minimum atomic E-state index is -3.62. The maximum atomic E-state index is 13.0. The second kappa shape index (κ2) is 10.2. The van der Waals surface area contributed by atoms with E-state index in [1.54, 1.807) is 28.0 Å². The first kappa shape index (κ1) is 25.5. The number of carbonyl (C=O) groups is 2. The van der Waals surface area contributed by atoms with Gasteiger partial charge in [-0.2, -0.15) is 0 Å². The third kappa shape index (κ3) is 5.33. The number of amides is 2. The standard InChI is InChI=1S/C26H32ClN3O4S/c1-4-25(31)30-19(3)15-20-16-22(7-8-23(20)30)35(33,34)14-9-26(32)29-12-10-28(11-13-29)24-17-21(27)6-5-18(24)2/h5-8,16-17,19H,4,9-15H2,1-3H3/t19-/m0/s1. The Morgan fingerprint density at radius 2 is 1.71 bits per heavy atom. The fourth-order valence-corrected chi connectivity index (χ4v) is 6.41. The summed E-state index contributed by atoms with van der Waals surface area (Å²) in [6.45, 7) is 8.26. The van der Waals surface area contributed by atoms with Crippen LogP contribution in [0.25, 0.3) is 0 Å². The number of hydrogen-bond acceptors (Lipinski definition) is 5. The van der Waals surface area contributed by atoms with E-state index < -0.39 is 9.84 Å². The molecule has 7 nitrogen and oxygen atoms in total. The van der Waals surface area contributed by atoms with Crippen LogP contribution in [-0.2, 0) is 25.8 Å². The zero-order valence-electron chi connectivity index (χ0n) is 20.5. The van der Waals surface area contributed by atoms with Crippen LogP contribution in [0.15, 0.2) is 41.3 Å². The lowest BCUT2D eigenvalue weighted by atomic mass is 10.1. The second-order valence-corrected chi connectivity index (χ2v) is 11.9. The van der Waals surface area contributed by atoms with E-state index in [1.807, 2.05) is 39.0 Å². The fraction of sp³-hybridized carbons (Fsp3) is 0.462. The summed E-state index contributed by atoms with van der Waals surface area (Å²) in [6.07, 6.45) is 0.977. The van der Waals surface area contributed by atoms with Crippen molar-refractivity contribution in [3.8, 4) is 0 Å². The highest BCUT2D eigenvalue weighted by Gasteiger charge is 2.31. The van der Waals surface area contributed by atoms with E-state index in [0.29, 0.717) is 44.0 Å². The molecule has 35 heavy (non-hydrogen) atoms. The lowest BCUT2D eigenvalue weighted by Gasteiger charge is -2.37. The number of piperazine rings is 1. The molecule has 0 unspecified atom stereocenters. The van der Waals surface area contributed by atoms with Crippen molar-refractivity contribution in [2.75, 3.05) is 41.7 Å². The topological polar surface area (TPSA) is 78.0 Å². The van der Waals surface area contributed by atoms with Gasteiger partial charge >= 0.3 is 0 Å². The van der Waals surface area contributed by atoms with Crippen LogP contribution in [0.3, 0.4) is 0 Å². The second-order valence-electron chi connectivity index (χ2n) is 9.33. The number of sulfone groups is 1. The first-order valence-corrected chi connectivity index (χ1v) is 14.1. The third-order valence-electron chi connectivity index (χ3n) is 6.93. The molecule has 2 aromatic carbocycles. The van der Waals surface area contributed by atoms with Gasteiger partial charge in [0.1, 0.15) is 0 Å². The maximum absolute atomic E-state index is 13.0. The zero-order valence-corrected chi connectivity index (χ0v) is 22.0. The van der Waals surface area contributed by atoms with Crippen molar-refractivity contribution in [2.24, 2.45) is 0 Å². The number of aryl methyl sites for hydroxylation is 1. The van der Waals surface area contributed by atoms with Gasteiger partial charge in [-0.3, -0.25) is 9.59 Å². The number of anilines is 2. The molecule has 0 N–H and O–H groups in total. The van der Waals surface area contributed by atoms with E-state index in [4.69, 9.17) is 11.6 Å². The van der Waals surface area contributed by atoms with Crippen molar-refractivity contribution >= 4 is 44.6 Å². The van der Waals surface area contributed by atoms with Gasteiger partial charge in [0.2, 0.25) is 11.8 Å². The average Bonchev–Trinajstić information content (AvgIpc) is 3.18. The Kier molecular flexibility index (Phi) is 7.43. The van der Waals surface area contributed by atoms with Crippen molar-refractivity contribution < 1.29 is 18.0 Å². The number of hydrogen-bond donors (Lipinski definition) is 0. The van der Waals surface area contributed by atoms with Gasteiger partial charge in [0, 0.05) is 61.5 Å². The van der Waals surface area contributed by atoms with Crippen molar-refractivity contribution in [2.45, 2.75) is 51.0 Å². The number of benzene rings is 2. The molecule has 1 atom stereocenters. The van der Waals surface area contributed by atoms with E-state index in [0.717, 1.165) is 22.5 Å². The summed E-state index contributed by atoms with van der Waals surface area (Å²) in [5.74, 6) is -0.348. The molecule has 0 spiro atoms.